The highest BCUT2D eigenvalue weighted by Gasteiger charge is 2.29. The Morgan fingerprint density at radius 3 is 2.67 bits per heavy atom. The SMILES string of the molecule is CN(C)CCNC(=O)C(=O)NC[C@@H](c1ccco1)N1CCc2ccccc21. The second-order valence-electron chi connectivity index (χ2n) is 6.87. The lowest BCUT2D eigenvalue weighted by molar-refractivity contribution is -0.139. The molecule has 2 N–H and O–H groups in total. The summed E-state index contributed by atoms with van der Waals surface area (Å²) >= 11 is 0. The quantitative estimate of drug-likeness (QED) is 0.716. The van der Waals surface area contributed by atoms with E-state index in [-0.39, 0.29) is 6.04 Å². The first-order valence-corrected chi connectivity index (χ1v) is 9.15. The Bertz CT molecular complexity index is 773. The van der Waals surface area contributed by atoms with Crippen molar-refractivity contribution in [3.05, 3.63) is 54.0 Å². The number of benzene rings is 1. The highest BCUT2D eigenvalue weighted by Crippen LogP contribution is 2.34. The standard InChI is InChI=1S/C20H26N4O3/c1-23(2)12-10-21-19(25)20(26)22-14-17(18-8-5-13-27-18)24-11-9-15-6-3-4-7-16(15)24/h3-8,13,17H,9-12,14H2,1-2H3,(H,21,25)(H,22,26)/t17-/m0/s1. The lowest BCUT2D eigenvalue weighted by Crippen LogP contribution is -2.45. The van der Waals surface area contributed by atoms with Crippen molar-refractivity contribution in [1.29, 1.82) is 0 Å². The van der Waals surface area contributed by atoms with Gasteiger partial charge in [-0.2, -0.15) is 0 Å². The van der Waals surface area contributed by atoms with E-state index in [1.807, 2.05) is 43.3 Å². The number of nitrogens with zero attached hydrogens (tertiary/aromatic N) is 2. The van der Waals surface area contributed by atoms with Crippen LogP contribution in [0.25, 0.3) is 0 Å². The van der Waals surface area contributed by atoms with Crippen LogP contribution in [0, 0.1) is 0 Å². The van der Waals surface area contributed by atoms with Gasteiger partial charge in [0.25, 0.3) is 0 Å². The molecule has 7 nitrogen and oxygen atoms in total. The van der Waals surface area contributed by atoms with Crippen LogP contribution in [-0.2, 0) is 16.0 Å². The molecule has 1 aromatic carbocycles. The Balaban J connectivity index is 1.64. The van der Waals surface area contributed by atoms with E-state index in [4.69, 9.17) is 4.42 Å². The maximum atomic E-state index is 12.2. The van der Waals surface area contributed by atoms with Gasteiger partial charge in [0.1, 0.15) is 11.8 Å². The number of fused-ring (bicyclic) bond motifs is 1. The van der Waals surface area contributed by atoms with Gasteiger partial charge in [0.15, 0.2) is 0 Å². The Kier molecular flexibility index (Phi) is 6.13. The van der Waals surface area contributed by atoms with Crippen LogP contribution in [0.15, 0.2) is 47.1 Å². The molecule has 0 bridgehead atoms. The van der Waals surface area contributed by atoms with E-state index >= 15 is 0 Å². The average Bonchev–Trinajstić information content (AvgIpc) is 3.32. The molecular weight excluding hydrogens is 344 g/mol. The summed E-state index contributed by atoms with van der Waals surface area (Å²) in [5.41, 5.74) is 2.42. The summed E-state index contributed by atoms with van der Waals surface area (Å²) in [5.74, 6) is -0.477. The number of likely N-dealkylation sites (N-methyl/N-ethyl adjacent to an activating group) is 1. The lowest BCUT2D eigenvalue weighted by atomic mass is 10.1. The molecule has 144 valence electrons. The van der Waals surface area contributed by atoms with Crippen LogP contribution in [0.5, 0.6) is 0 Å². The molecule has 0 saturated carbocycles. The van der Waals surface area contributed by atoms with E-state index in [1.54, 1.807) is 6.26 Å². The molecule has 27 heavy (non-hydrogen) atoms. The number of carbonyl (C=O) groups excluding carboxylic acids is 2. The largest absolute Gasteiger partial charge is 0.467 e. The molecule has 1 aliphatic heterocycles. The van der Waals surface area contributed by atoms with Gasteiger partial charge in [-0.05, 0) is 44.3 Å². The minimum Gasteiger partial charge on any atom is -0.467 e. The van der Waals surface area contributed by atoms with Crippen LogP contribution in [0.1, 0.15) is 17.4 Å². The molecule has 2 aromatic rings. The number of anilines is 1. The third-order valence-electron chi connectivity index (χ3n) is 4.68. The number of amides is 2. The van der Waals surface area contributed by atoms with Gasteiger partial charge in [0.2, 0.25) is 0 Å². The molecule has 0 radical (unpaired) electrons. The van der Waals surface area contributed by atoms with Crippen LogP contribution in [0.4, 0.5) is 5.69 Å². The molecule has 0 saturated heterocycles. The van der Waals surface area contributed by atoms with Crippen molar-refractivity contribution in [2.75, 3.05) is 45.2 Å². The summed E-state index contributed by atoms with van der Waals surface area (Å²) in [5, 5.41) is 5.38. The molecule has 1 aliphatic rings. The molecule has 2 heterocycles. The fourth-order valence-corrected chi connectivity index (χ4v) is 3.28. The van der Waals surface area contributed by atoms with E-state index in [2.05, 4.69) is 27.7 Å². The van der Waals surface area contributed by atoms with Crippen molar-refractivity contribution < 1.29 is 14.0 Å². The zero-order chi connectivity index (χ0) is 19.2. The van der Waals surface area contributed by atoms with E-state index in [1.165, 1.54) is 5.56 Å². The average molecular weight is 370 g/mol. The number of para-hydroxylation sites is 1. The highest BCUT2D eigenvalue weighted by atomic mass is 16.3. The van der Waals surface area contributed by atoms with E-state index in [0.29, 0.717) is 19.6 Å². The molecule has 3 rings (SSSR count). The maximum Gasteiger partial charge on any atom is 0.309 e. The van der Waals surface area contributed by atoms with Crippen LogP contribution < -0.4 is 15.5 Å². The predicted octanol–water partition coefficient (Wildman–Crippen LogP) is 1.18. The van der Waals surface area contributed by atoms with Gasteiger partial charge in [-0.25, -0.2) is 0 Å². The number of hydrogen-bond donors (Lipinski definition) is 2. The summed E-state index contributed by atoms with van der Waals surface area (Å²) in [6.07, 6.45) is 2.58. The summed E-state index contributed by atoms with van der Waals surface area (Å²) in [7, 11) is 3.82. The van der Waals surface area contributed by atoms with Crippen molar-refractivity contribution in [1.82, 2.24) is 15.5 Å². The normalized spacial score (nSPS) is 14.1. The van der Waals surface area contributed by atoms with Crippen LogP contribution in [-0.4, -0.2) is 57.0 Å². The lowest BCUT2D eigenvalue weighted by Gasteiger charge is -2.29. The first-order valence-electron chi connectivity index (χ1n) is 9.15. The van der Waals surface area contributed by atoms with Crippen molar-refractivity contribution in [2.24, 2.45) is 0 Å². The molecule has 0 aliphatic carbocycles. The van der Waals surface area contributed by atoms with Crippen LogP contribution >= 0.6 is 0 Å². The minimum atomic E-state index is -0.627. The van der Waals surface area contributed by atoms with Crippen LogP contribution in [0.2, 0.25) is 0 Å². The minimum absolute atomic E-state index is 0.165. The topological polar surface area (TPSA) is 77.8 Å². The van der Waals surface area contributed by atoms with Gasteiger partial charge in [0.05, 0.1) is 6.26 Å². The van der Waals surface area contributed by atoms with Gasteiger partial charge in [-0.1, -0.05) is 18.2 Å². The second kappa shape index (κ2) is 8.73. The Hall–Kier alpha value is -2.80. The van der Waals surface area contributed by atoms with Crippen LogP contribution in [0.3, 0.4) is 0 Å². The smallest absolute Gasteiger partial charge is 0.309 e. The second-order valence-corrected chi connectivity index (χ2v) is 6.87. The zero-order valence-corrected chi connectivity index (χ0v) is 15.8. The van der Waals surface area contributed by atoms with Crippen molar-refractivity contribution >= 4 is 17.5 Å². The monoisotopic (exact) mass is 370 g/mol. The summed E-state index contributed by atoms with van der Waals surface area (Å²) in [6.45, 7) is 2.25. The Labute approximate surface area is 159 Å². The first-order chi connectivity index (χ1) is 13.1. The maximum absolute atomic E-state index is 12.2. The molecule has 7 heteroatoms. The summed E-state index contributed by atoms with van der Waals surface area (Å²) in [4.78, 5) is 28.3. The summed E-state index contributed by atoms with van der Waals surface area (Å²) < 4.78 is 5.61. The van der Waals surface area contributed by atoms with Gasteiger partial charge < -0.3 is 24.9 Å². The number of nitrogens with one attached hydrogen (secondary N) is 2. The van der Waals surface area contributed by atoms with Crippen molar-refractivity contribution in [2.45, 2.75) is 12.5 Å². The van der Waals surface area contributed by atoms with E-state index in [0.717, 1.165) is 24.4 Å². The van der Waals surface area contributed by atoms with Crippen molar-refractivity contribution in [3.63, 3.8) is 0 Å². The van der Waals surface area contributed by atoms with E-state index < -0.39 is 11.8 Å². The molecule has 0 unspecified atom stereocenters. The van der Waals surface area contributed by atoms with Crippen molar-refractivity contribution in [3.8, 4) is 0 Å². The van der Waals surface area contributed by atoms with Gasteiger partial charge >= 0.3 is 11.8 Å². The zero-order valence-electron chi connectivity index (χ0n) is 15.8. The summed E-state index contributed by atoms with van der Waals surface area (Å²) in [6, 6.07) is 11.8. The number of furan rings is 1. The molecule has 1 atom stereocenters. The Morgan fingerprint density at radius 1 is 1.15 bits per heavy atom. The third-order valence-corrected chi connectivity index (χ3v) is 4.68. The number of hydrogen-bond acceptors (Lipinski definition) is 5. The highest BCUT2D eigenvalue weighted by molar-refractivity contribution is 6.35. The molecule has 0 fully saturated rings. The van der Waals surface area contributed by atoms with Gasteiger partial charge in [-0.15, -0.1) is 0 Å². The third kappa shape index (κ3) is 4.68. The fourth-order valence-electron chi connectivity index (χ4n) is 3.28. The number of carbonyl (C=O) groups is 2. The Morgan fingerprint density at radius 2 is 1.93 bits per heavy atom. The first kappa shape index (κ1) is 19.0. The molecule has 2 amide bonds. The molecule has 1 aromatic heterocycles. The predicted molar refractivity (Wildman–Crippen MR) is 104 cm³/mol. The number of rotatable bonds is 7. The fraction of sp³-hybridized carbons (Fsp3) is 0.400. The molecular formula is C20H26N4O3. The van der Waals surface area contributed by atoms with E-state index in [9.17, 15) is 9.59 Å². The van der Waals surface area contributed by atoms with Gasteiger partial charge in [-0.3, -0.25) is 9.59 Å². The van der Waals surface area contributed by atoms with Gasteiger partial charge in [0, 0.05) is 31.9 Å². The molecule has 0 spiro atoms.